The van der Waals surface area contributed by atoms with Gasteiger partial charge in [-0.1, -0.05) is 11.6 Å². The number of methoxy groups -OCH3 is 2. The number of piperidine rings is 2. The lowest BCUT2D eigenvalue weighted by atomic mass is 9.53. The summed E-state index contributed by atoms with van der Waals surface area (Å²) in [4.78, 5) is 18.3. The molecule has 1 aliphatic carbocycles. The molecule has 5 aliphatic heterocycles. The monoisotopic (exact) mass is 510 g/mol. The Morgan fingerprint density at radius 3 is 2.54 bits per heavy atom. The fourth-order valence-electron chi connectivity index (χ4n) is 7.87. The summed E-state index contributed by atoms with van der Waals surface area (Å²) in [6.45, 7) is 2.80. The van der Waals surface area contributed by atoms with Crippen molar-refractivity contribution in [1.82, 2.24) is 4.90 Å². The van der Waals surface area contributed by atoms with Crippen molar-refractivity contribution in [1.29, 1.82) is 0 Å². The maximum atomic E-state index is 13.5. The van der Waals surface area contributed by atoms with Gasteiger partial charge in [-0.05, 0) is 36.9 Å². The zero-order valence-corrected chi connectivity index (χ0v) is 20.3. The molecule has 12 heteroatoms. The van der Waals surface area contributed by atoms with Crippen molar-refractivity contribution >= 4 is 22.0 Å². The third kappa shape index (κ3) is 3.35. The normalized spacial score (nSPS) is 35.7. The highest BCUT2D eigenvalue weighted by Gasteiger charge is 2.71. The lowest BCUT2D eigenvalue weighted by Gasteiger charge is -2.58. The minimum absolute atomic E-state index is 0. The van der Waals surface area contributed by atoms with Crippen molar-refractivity contribution in [2.75, 3.05) is 38.8 Å². The summed E-state index contributed by atoms with van der Waals surface area (Å²) in [5.74, 6) is 2.57. The van der Waals surface area contributed by atoms with Crippen molar-refractivity contribution in [2.45, 2.75) is 42.9 Å². The second kappa shape index (κ2) is 8.15. The van der Waals surface area contributed by atoms with Gasteiger partial charge in [0.05, 0.1) is 45.1 Å². The summed E-state index contributed by atoms with van der Waals surface area (Å²) in [5.41, 5.74) is 3.85. The molecular weight excluding hydrogens is 480 g/mol. The molecular formula is C23H30N2O9S. The summed E-state index contributed by atoms with van der Waals surface area (Å²) < 4.78 is 49.2. The van der Waals surface area contributed by atoms with E-state index in [1.807, 2.05) is 6.07 Å². The zero-order valence-electron chi connectivity index (χ0n) is 19.5. The number of carbonyl (C=O) groups is 1. The van der Waals surface area contributed by atoms with Crippen molar-refractivity contribution in [3.05, 3.63) is 29.3 Å². The van der Waals surface area contributed by atoms with Crippen LogP contribution in [0.1, 0.15) is 24.8 Å². The number of anilines is 1. The summed E-state index contributed by atoms with van der Waals surface area (Å²) in [6, 6.07) is 4.87. The molecule has 0 radical (unpaired) electrons. The predicted molar refractivity (Wildman–Crippen MR) is 124 cm³/mol. The summed E-state index contributed by atoms with van der Waals surface area (Å²) >= 11 is 0. The number of amides is 1. The first-order valence-corrected chi connectivity index (χ1v) is 12.9. The maximum absolute atomic E-state index is 13.5. The Bertz CT molecular complexity index is 1190. The molecule has 2 bridgehead atoms. The average molecular weight is 511 g/mol. The van der Waals surface area contributed by atoms with E-state index < -0.39 is 10.4 Å². The Hall–Kier alpha value is -2.22. The second-order valence-corrected chi connectivity index (χ2v) is 10.8. The van der Waals surface area contributed by atoms with Crippen LogP contribution in [-0.4, -0.2) is 85.9 Å². The highest BCUT2D eigenvalue weighted by atomic mass is 32.3. The molecule has 5 heterocycles. The van der Waals surface area contributed by atoms with Gasteiger partial charge in [-0.2, -0.15) is 8.42 Å². The first kappa shape index (κ1) is 24.5. The van der Waals surface area contributed by atoms with Gasteiger partial charge >= 0.3 is 10.4 Å². The van der Waals surface area contributed by atoms with Gasteiger partial charge in [-0.15, -0.1) is 0 Å². The van der Waals surface area contributed by atoms with Crippen LogP contribution in [-0.2, 0) is 25.3 Å². The number of benzene rings is 1. The minimum atomic E-state index is -4.67. The summed E-state index contributed by atoms with van der Waals surface area (Å²) in [6.07, 6.45) is 5.11. The molecule has 7 rings (SSSR count). The highest BCUT2D eigenvalue weighted by molar-refractivity contribution is 7.79. The van der Waals surface area contributed by atoms with Gasteiger partial charge in [0.2, 0.25) is 5.91 Å². The molecule has 1 saturated carbocycles. The molecule has 4 N–H and O–H groups in total. The van der Waals surface area contributed by atoms with Crippen molar-refractivity contribution in [3.63, 3.8) is 0 Å². The van der Waals surface area contributed by atoms with Gasteiger partial charge in [0.25, 0.3) is 0 Å². The first-order chi connectivity index (χ1) is 16.2. The number of nitrogens with zero attached hydrogens (tertiary/aromatic N) is 2. The topological polar surface area (TPSA) is 157 Å². The molecule has 1 spiro atoms. The highest BCUT2D eigenvalue weighted by Crippen LogP contribution is 2.66. The predicted octanol–water partition coefficient (Wildman–Crippen LogP) is 0.632. The second-order valence-electron chi connectivity index (χ2n) is 9.93. The number of carbonyl (C=O) groups excluding carboxylic acids is 1. The third-order valence-corrected chi connectivity index (χ3v) is 8.81. The van der Waals surface area contributed by atoms with Crippen LogP contribution in [0.15, 0.2) is 23.8 Å². The number of hydrogen-bond donors (Lipinski definition) is 2. The fourth-order valence-corrected chi connectivity index (χ4v) is 7.87. The molecule has 1 aromatic rings. The van der Waals surface area contributed by atoms with E-state index in [4.69, 9.17) is 31.7 Å². The Labute approximate surface area is 203 Å². The smallest absolute Gasteiger partial charge is 0.394 e. The van der Waals surface area contributed by atoms with Crippen LogP contribution in [0.3, 0.4) is 0 Å². The van der Waals surface area contributed by atoms with Gasteiger partial charge in [0, 0.05) is 30.0 Å². The summed E-state index contributed by atoms with van der Waals surface area (Å²) in [5, 5.41) is 0. The van der Waals surface area contributed by atoms with E-state index in [1.54, 1.807) is 19.8 Å². The Kier molecular flexibility index (Phi) is 5.70. The van der Waals surface area contributed by atoms with E-state index in [0.29, 0.717) is 36.7 Å². The molecule has 6 aliphatic rings. The van der Waals surface area contributed by atoms with Gasteiger partial charge in [-0.3, -0.25) is 18.8 Å². The van der Waals surface area contributed by atoms with Crippen molar-refractivity contribution < 1.29 is 42.0 Å². The van der Waals surface area contributed by atoms with Crippen LogP contribution < -0.4 is 14.4 Å². The molecule has 6 atom stereocenters. The van der Waals surface area contributed by atoms with E-state index in [9.17, 15) is 4.79 Å². The molecule has 4 fully saturated rings. The van der Waals surface area contributed by atoms with E-state index >= 15 is 0 Å². The minimum Gasteiger partial charge on any atom is -0.493 e. The average Bonchev–Trinajstić information content (AvgIpc) is 3.24. The molecule has 35 heavy (non-hydrogen) atoms. The van der Waals surface area contributed by atoms with E-state index in [1.165, 1.54) is 12.0 Å². The van der Waals surface area contributed by atoms with E-state index in [0.717, 1.165) is 30.9 Å². The Morgan fingerprint density at radius 1 is 1.17 bits per heavy atom. The molecule has 3 saturated heterocycles. The third-order valence-electron chi connectivity index (χ3n) is 8.81. The van der Waals surface area contributed by atoms with Gasteiger partial charge in [0.1, 0.15) is 0 Å². The number of rotatable bonds is 2. The van der Waals surface area contributed by atoms with Gasteiger partial charge < -0.3 is 24.6 Å². The molecule has 192 valence electrons. The van der Waals surface area contributed by atoms with Crippen LogP contribution in [0.5, 0.6) is 11.5 Å². The molecule has 1 amide bonds. The fraction of sp³-hybridized carbons (Fsp3) is 0.609. The quantitative estimate of drug-likeness (QED) is 0.430. The SMILES string of the molecule is COc1cc2c(cc1OC)[C@@]13CCN4CC5=CCO[C@H]6CC(=O)N2[C@H]1[C@H]6[C@H]5C[C@H]43.O.O=S(=O)(O)O. The largest absolute Gasteiger partial charge is 0.493 e. The standard InChI is InChI=1S/C23H26N2O4.H2O4S.H2O/c1-27-16-8-14-15(9-17(16)28-2)25-20(26)10-18-21-13-7-19-23(14,22(21)25)4-5-24(19)11-12(13)3-6-29-18;1-5(2,3)4;/h3,8-9,13,18-19,21-22H,4-7,10-11H2,1-2H3;(H2,1,2,3,4);1H2/t13-,18-,19-,21-,22-,23+;;/m0../s1. The van der Waals surface area contributed by atoms with Gasteiger partial charge in [0.15, 0.2) is 11.5 Å². The lowest BCUT2D eigenvalue weighted by Crippen LogP contribution is -2.69. The number of ether oxygens (including phenoxy) is 3. The van der Waals surface area contributed by atoms with E-state index in [2.05, 4.69) is 21.9 Å². The Balaban J connectivity index is 0.000000388. The zero-order chi connectivity index (χ0) is 24.0. The number of fused-ring (bicyclic) bond motifs is 2. The lowest BCUT2D eigenvalue weighted by molar-refractivity contribution is -0.132. The molecule has 0 unspecified atom stereocenters. The Morgan fingerprint density at radius 2 is 1.86 bits per heavy atom. The number of hydrogen-bond acceptors (Lipinski definition) is 7. The summed E-state index contributed by atoms with van der Waals surface area (Å²) in [7, 11) is -1.31. The van der Waals surface area contributed by atoms with Crippen molar-refractivity contribution in [2.24, 2.45) is 11.8 Å². The van der Waals surface area contributed by atoms with Crippen LogP contribution in [0, 0.1) is 11.8 Å². The molecule has 11 nitrogen and oxygen atoms in total. The van der Waals surface area contributed by atoms with Crippen LogP contribution in [0.4, 0.5) is 5.69 Å². The first-order valence-electron chi connectivity index (χ1n) is 11.5. The molecule has 0 aromatic heterocycles. The van der Waals surface area contributed by atoms with Gasteiger partial charge in [-0.25, -0.2) is 0 Å². The van der Waals surface area contributed by atoms with Crippen LogP contribution in [0.25, 0.3) is 0 Å². The van der Waals surface area contributed by atoms with Crippen LogP contribution >= 0.6 is 0 Å². The molecule has 1 aromatic carbocycles. The van der Waals surface area contributed by atoms with Crippen molar-refractivity contribution in [3.8, 4) is 11.5 Å². The van der Waals surface area contributed by atoms with E-state index in [-0.39, 0.29) is 28.9 Å². The van der Waals surface area contributed by atoms with Crippen LogP contribution in [0.2, 0.25) is 0 Å². The maximum Gasteiger partial charge on any atom is 0.394 e.